The van der Waals surface area contributed by atoms with E-state index in [1.807, 2.05) is 0 Å². The van der Waals surface area contributed by atoms with Crippen LogP contribution in [0.25, 0.3) is 0 Å². The molecule has 0 saturated heterocycles. The van der Waals surface area contributed by atoms with Crippen molar-refractivity contribution in [2.24, 2.45) is 23.5 Å². The minimum Gasteiger partial charge on any atom is -0.506 e. The highest BCUT2D eigenvalue weighted by Crippen LogP contribution is 2.28. The SMILES string of the molecule is CC(=O)CC(CCCCNC(=O)c1cccc(C(=O)O)c1O)C(=O)NC(CCCCNC(=O)c1cccc(C(=O)O)c1O)C(=O)CC(CCCCN)C(=O)NC(CCCCNC(=O)c1cccc(C(=O)O)c1O)C(=O)CC(CCCCNC(=O)c1cccc(C(=O)O)c1O)C(=O)O. The van der Waals surface area contributed by atoms with Crippen LogP contribution in [0.5, 0.6) is 23.0 Å². The van der Waals surface area contributed by atoms with Crippen LogP contribution in [0.1, 0.15) is 205 Å². The molecule has 97 heavy (non-hydrogen) atoms. The van der Waals surface area contributed by atoms with Crippen molar-refractivity contribution in [3.63, 3.8) is 0 Å². The first-order valence-corrected chi connectivity index (χ1v) is 31.5. The number of unbranched alkanes of at least 4 members (excludes halogenated alkanes) is 5. The number of ketones is 3. The van der Waals surface area contributed by atoms with Crippen LogP contribution in [0.3, 0.4) is 0 Å². The molecule has 5 unspecified atom stereocenters. The standard InChI is InChI=1S/C67H83N7O23/c1-37(75)34-38(17-3-8-30-69-59(84)41-19-12-23-45(53(41)78)64(90)91)57(82)73-49(27-5-10-32-71-61(86)43-21-14-25-47(55(43)80)66(94)95)51(76)35-39(16-2-7-29-68)58(83)74-50(28-6-11-33-72-62(87)44-22-15-26-48(56(44)81)67(96)97)52(77)36-40(63(88)89)18-4-9-31-70-60(85)42-20-13-24-46(54(42)79)65(92)93/h12-15,19-26,38-40,49-50,78-81H,2-11,16-18,27-36,68H2,1H3,(H,69,84)(H,70,85)(H,71,86)(H,72,87)(H,73,82)(H,74,83)(H,88,89)(H,90,91)(H,92,93)(H,94,95)(H,96,97). The van der Waals surface area contributed by atoms with E-state index in [1.54, 1.807) is 0 Å². The van der Waals surface area contributed by atoms with E-state index in [2.05, 4.69) is 31.9 Å². The van der Waals surface area contributed by atoms with Gasteiger partial charge in [-0.3, -0.25) is 43.2 Å². The molecule has 4 rings (SSSR count). The molecule has 524 valence electrons. The van der Waals surface area contributed by atoms with Gasteiger partial charge in [0.05, 0.1) is 40.3 Å². The summed E-state index contributed by atoms with van der Waals surface area (Å²) in [5, 5.41) is 105. The van der Waals surface area contributed by atoms with Crippen LogP contribution in [-0.4, -0.2) is 173 Å². The number of rotatable bonds is 45. The summed E-state index contributed by atoms with van der Waals surface area (Å²) in [7, 11) is 0. The molecule has 0 aliphatic rings. The first-order valence-electron chi connectivity index (χ1n) is 31.5. The topological polar surface area (TPSA) is 519 Å². The van der Waals surface area contributed by atoms with Gasteiger partial charge in [0, 0.05) is 57.3 Å². The molecule has 4 aromatic rings. The third-order valence-electron chi connectivity index (χ3n) is 15.9. The average Bonchev–Trinajstić information content (AvgIpc) is 0.918. The van der Waals surface area contributed by atoms with Gasteiger partial charge < -0.3 is 88.4 Å². The Morgan fingerprint density at radius 2 is 0.608 bits per heavy atom. The molecule has 0 aromatic heterocycles. The lowest BCUT2D eigenvalue weighted by atomic mass is 9.89. The molecule has 0 bridgehead atoms. The monoisotopic (exact) mass is 1350 g/mol. The fraction of sp³-hybridized carbons (Fsp3) is 0.433. The molecule has 0 fully saturated rings. The second-order valence-electron chi connectivity index (χ2n) is 23.1. The summed E-state index contributed by atoms with van der Waals surface area (Å²) in [4.78, 5) is 181. The van der Waals surface area contributed by atoms with Gasteiger partial charge in [-0.25, -0.2) is 19.2 Å². The summed E-state index contributed by atoms with van der Waals surface area (Å²) in [6, 6.07) is 11.6. The molecule has 6 amide bonds. The van der Waals surface area contributed by atoms with E-state index in [1.165, 1.54) is 55.5 Å². The van der Waals surface area contributed by atoms with E-state index in [4.69, 9.17) is 5.73 Å². The predicted octanol–water partition coefficient (Wildman–Crippen LogP) is 4.93. The second-order valence-corrected chi connectivity index (χ2v) is 23.1. The molecule has 0 aliphatic heterocycles. The van der Waals surface area contributed by atoms with E-state index in [0.29, 0.717) is 6.42 Å². The lowest BCUT2D eigenvalue weighted by Crippen LogP contribution is -2.47. The molecule has 4 aromatic carbocycles. The van der Waals surface area contributed by atoms with Gasteiger partial charge in [0.25, 0.3) is 23.6 Å². The Labute approximate surface area is 556 Å². The Bertz CT molecular complexity index is 3540. The van der Waals surface area contributed by atoms with Crippen molar-refractivity contribution in [3.05, 3.63) is 117 Å². The number of hydrogen-bond acceptors (Lipinski definition) is 19. The lowest BCUT2D eigenvalue weighted by molar-refractivity contribution is -0.144. The van der Waals surface area contributed by atoms with E-state index in [0.717, 1.165) is 24.3 Å². The zero-order chi connectivity index (χ0) is 71.9. The third kappa shape index (κ3) is 24.8. The van der Waals surface area contributed by atoms with Gasteiger partial charge in [-0.2, -0.15) is 0 Å². The fourth-order valence-electron chi connectivity index (χ4n) is 10.6. The molecule has 0 saturated carbocycles. The quantitative estimate of drug-likeness (QED) is 0.0261. The fourth-order valence-corrected chi connectivity index (χ4v) is 10.6. The summed E-state index contributed by atoms with van der Waals surface area (Å²) in [6.07, 6.45) is 0.126. The van der Waals surface area contributed by atoms with Crippen LogP contribution in [0, 0.1) is 17.8 Å². The number of carbonyl (C=O) groups is 14. The summed E-state index contributed by atoms with van der Waals surface area (Å²) >= 11 is 0. The minimum absolute atomic E-state index is 0.00310. The zero-order valence-electron chi connectivity index (χ0n) is 53.4. The first kappa shape index (κ1) is 78.7. The molecule has 0 heterocycles. The first-order chi connectivity index (χ1) is 46.1. The van der Waals surface area contributed by atoms with E-state index in [-0.39, 0.29) is 151 Å². The molecule has 0 radical (unpaired) electrons. The summed E-state index contributed by atoms with van der Waals surface area (Å²) in [6.45, 7) is 1.21. The van der Waals surface area contributed by atoms with Crippen LogP contribution in [0.4, 0.5) is 0 Å². The van der Waals surface area contributed by atoms with E-state index in [9.17, 15) is 113 Å². The highest BCUT2D eigenvalue weighted by Gasteiger charge is 2.34. The van der Waals surface area contributed by atoms with Crippen molar-refractivity contribution in [2.45, 2.75) is 135 Å². The second kappa shape index (κ2) is 39.8. The maximum absolute atomic E-state index is 14.7. The predicted molar refractivity (Wildman–Crippen MR) is 344 cm³/mol. The van der Waals surface area contributed by atoms with Gasteiger partial charge in [0.15, 0.2) is 11.6 Å². The lowest BCUT2D eigenvalue weighted by Gasteiger charge is -2.26. The van der Waals surface area contributed by atoms with Gasteiger partial charge >= 0.3 is 29.8 Å². The number of nitrogens with two attached hydrogens (primary N) is 1. The van der Waals surface area contributed by atoms with Crippen molar-refractivity contribution < 1.29 is 113 Å². The molecule has 0 aliphatic carbocycles. The van der Waals surface area contributed by atoms with Gasteiger partial charge in [-0.1, -0.05) is 43.5 Å². The number of para-hydroxylation sites is 4. The molecule has 30 nitrogen and oxygen atoms in total. The molecular formula is C67H83N7O23. The number of carboxylic acid groups (broad SMARTS) is 5. The minimum atomic E-state index is -1.49. The van der Waals surface area contributed by atoms with Crippen molar-refractivity contribution in [1.82, 2.24) is 31.9 Å². The Kier molecular flexibility index (Phi) is 32.3. The summed E-state index contributed by atoms with van der Waals surface area (Å²) in [5.41, 5.74) is 2.53. The largest absolute Gasteiger partial charge is 0.506 e. The number of aliphatic carboxylic acids is 1. The Hall–Kier alpha value is -10.8. The number of benzene rings is 4. The Morgan fingerprint density at radius 1 is 0.351 bits per heavy atom. The Balaban J connectivity index is 1.57. The number of hydrogen-bond donors (Lipinski definition) is 16. The van der Waals surface area contributed by atoms with Crippen LogP contribution >= 0.6 is 0 Å². The number of amides is 6. The molecule has 30 heteroatoms. The highest BCUT2D eigenvalue weighted by molar-refractivity contribution is 6.05. The van der Waals surface area contributed by atoms with E-state index >= 15 is 0 Å². The van der Waals surface area contributed by atoms with Gasteiger partial charge in [0.2, 0.25) is 11.8 Å². The van der Waals surface area contributed by atoms with E-state index < -0.39 is 171 Å². The molecular weight excluding hydrogens is 1270 g/mol. The number of carboxylic acids is 5. The van der Waals surface area contributed by atoms with Crippen molar-refractivity contribution >= 4 is 82.6 Å². The molecule has 5 atom stereocenters. The average molecular weight is 1350 g/mol. The zero-order valence-corrected chi connectivity index (χ0v) is 53.4. The number of phenols is 4. The normalized spacial score (nSPS) is 12.5. The number of aromatic hydroxyl groups is 4. The van der Waals surface area contributed by atoms with Gasteiger partial charge in [0.1, 0.15) is 51.0 Å². The number of aromatic carboxylic acids is 4. The van der Waals surface area contributed by atoms with Gasteiger partial charge in [-0.15, -0.1) is 0 Å². The maximum atomic E-state index is 14.7. The number of nitrogens with one attached hydrogen (secondary N) is 6. The maximum Gasteiger partial charge on any atom is 0.339 e. The summed E-state index contributed by atoms with van der Waals surface area (Å²) in [5.74, 6) is -20.5. The Morgan fingerprint density at radius 3 is 0.887 bits per heavy atom. The molecule has 17 N–H and O–H groups in total. The van der Waals surface area contributed by atoms with Crippen LogP contribution < -0.4 is 37.6 Å². The van der Waals surface area contributed by atoms with Crippen molar-refractivity contribution in [3.8, 4) is 23.0 Å². The van der Waals surface area contributed by atoms with Crippen molar-refractivity contribution in [2.75, 3.05) is 32.7 Å². The van der Waals surface area contributed by atoms with Gasteiger partial charge in [-0.05, 0) is 139 Å². The summed E-state index contributed by atoms with van der Waals surface area (Å²) < 4.78 is 0. The van der Waals surface area contributed by atoms with Crippen LogP contribution in [0.2, 0.25) is 0 Å². The third-order valence-corrected chi connectivity index (χ3v) is 15.9. The highest BCUT2D eigenvalue weighted by atomic mass is 16.4. The molecule has 0 spiro atoms. The number of Topliss-reactive ketones (excluding diaryl/α,β-unsaturated/α-hetero) is 3. The van der Waals surface area contributed by atoms with Crippen molar-refractivity contribution in [1.29, 1.82) is 0 Å². The smallest absolute Gasteiger partial charge is 0.339 e. The van der Waals surface area contributed by atoms with Crippen LogP contribution in [-0.2, 0) is 28.8 Å². The number of carbonyl (C=O) groups excluding carboxylic acids is 9. The van der Waals surface area contributed by atoms with Crippen LogP contribution in [0.15, 0.2) is 72.8 Å².